The minimum atomic E-state index is 0.401. The Labute approximate surface area is 93.6 Å². The van der Waals surface area contributed by atoms with Gasteiger partial charge in [-0.1, -0.05) is 22.9 Å². The third-order valence-corrected chi connectivity index (χ3v) is 2.56. The van der Waals surface area contributed by atoms with E-state index in [1.54, 1.807) is 0 Å². The molecular formula is C11H16BrNO. The van der Waals surface area contributed by atoms with Crippen molar-refractivity contribution in [3.63, 3.8) is 0 Å². The largest absolute Gasteiger partial charge is 0.493 e. The highest BCUT2D eigenvalue weighted by Crippen LogP contribution is 2.22. The number of rotatable bonds is 4. The summed E-state index contributed by atoms with van der Waals surface area (Å²) < 4.78 is 6.72. The van der Waals surface area contributed by atoms with Gasteiger partial charge in [0.2, 0.25) is 0 Å². The Morgan fingerprint density at radius 3 is 2.79 bits per heavy atom. The average Bonchev–Trinajstić information content (AvgIpc) is 2.16. The van der Waals surface area contributed by atoms with Gasteiger partial charge in [-0.2, -0.15) is 0 Å². The number of hydrogen-bond donors (Lipinski definition) is 1. The van der Waals surface area contributed by atoms with Crippen LogP contribution in [0.1, 0.15) is 12.5 Å². The minimum Gasteiger partial charge on any atom is -0.493 e. The van der Waals surface area contributed by atoms with Gasteiger partial charge < -0.3 is 10.5 Å². The van der Waals surface area contributed by atoms with Crippen LogP contribution in [0.2, 0.25) is 0 Å². The first kappa shape index (κ1) is 11.5. The topological polar surface area (TPSA) is 35.2 Å². The third-order valence-electron chi connectivity index (χ3n) is 2.06. The number of aryl methyl sites for hydroxylation is 1. The summed E-state index contributed by atoms with van der Waals surface area (Å²) in [6.07, 6.45) is 0. The second kappa shape index (κ2) is 5.37. The van der Waals surface area contributed by atoms with Crippen LogP contribution in [0.4, 0.5) is 0 Å². The Kier molecular flexibility index (Phi) is 4.42. The van der Waals surface area contributed by atoms with Crippen molar-refractivity contribution >= 4 is 15.9 Å². The molecule has 3 heteroatoms. The first-order valence-corrected chi connectivity index (χ1v) is 5.51. The van der Waals surface area contributed by atoms with Crippen LogP contribution >= 0.6 is 15.9 Å². The van der Waals surface area contributed by atoms with Crippen molar-refractivity contribution in [2.45, 2.75) is 13.8 Å². The molecule has 1 aromatic carbocycles. The summed E-state index contributed by atoms with van der Waals surface area (Å²) in [5, 5.41) is 0. The first-order chi connectivity index (χ1) is 6.63. The van der Waals surface area contributed by atoms with Crippen molar-refractivity contribution in [1.82, 2.24) is 0 Å². The lowest BCUT2D eigenvalue weighted by Crippen LogP contribution is -2.18. The smallest absolute Gasteiger partial charge is 0.122 e. The van der Waals surface area contributed by atoms with Crippen LogP contribution in [0, 0.1) is 12.8 Å². The summed E-state index contributed by atoms with van der Waals surface area (Å²) in [6.45, 7) is 5.45. The molecule has 0 aliphatic heterocycles. The van der Waals surface area contributed by atoms with Crippen LogP contribution in [0.3, 0.4) is 0 Å². The second-order valence-corrected chi connectivity index (χ2v) is 4.48. The number of benzene rings is 1. The molecule has 1 rings (SSSR count). The van der Waals surface area contributed by atoms with E-state index in [9.17, 15) is 0 Å². The van der Waals surface area contributed by atoms with Crippen LogP contribution in [0.5, 0.6) is 5.75 Å². The lowest BCUT2D eigenvalue weighted by molar-refractivity contribution is 0.262. The summed E-state index contributed by atoms with van der Waals surface area (Å²) >= 11 is 3.41. The zero-order valence-corrected chi connectivity index (χ0v) is 10.2. The quantitative estimate of drug-likeness (QED) is 0.901. The fourth-order valence-corrected chi connectivity index (χ4v) is 1.55. The van der Waals surface area contributed by atoms with Crippen LogP contribution in [0.15, 0.2) is 22.7 Å². The molecule has 0 heterocycles. The summed E-state index contributed by atoms with van der Waals surface area (Å²) in [5.41, 5.74) is 6.65. The molecule has 2 nitrogen and oxygen atoms in total. The standard InChI is InChI=1S/C11H16BrNO/c1-8(6-13)7-14-11-4-3-10(12)5-9(11)2/h3-5,8H,6-7,13H2,1-2H3. The van der Waals surface area contributed by atoms with E-state index in [0.717, 1.165) is 15.8 Å². The van der Waals surface area contributed by atoms with E-state index < -0.39 is 0 Å². The molecule has 0 radical (unpaired) electrons. The molecule has 0 aromatic heterocycles. The molecule has 0 bridgehead atoms. The highest BCUT2D eigenvalue weighted by atomic mass is 79.9. The molecule has 0 amide bonds. The van der Waals surface area contributed by atoms with Gasteiger partial charge in [-0.15, -0.1) is 0 Å². The maximum absolute atomic E-state index is 5.64. The minimum absolute atomic E-state index is 0.401. The van der Waals surface area contributed by atoms with Crippen LogP contribution < -0.4 is 10.5 Å². The van der Waals surface area contributed by atoms with Crippen LogP contribution in [-0.2, 0) is 0 Å². The maximum Gasteiger partial charge on any atom is 0.122 e. The molecule has 1 aromatic rings. The highest BCUT2D eigenvalue weighted by Gasteiger charge is 2.03. The molecular weight excluding hydrogens is 242 g/mol. The first-order valence-electron chi connectivity index (χ1n) is 4.72. The number of halogens is 1. The van der Waals surface area contributed by atoms with Crippen LogP contribution in [0.25, 0.3) is 0 Å². The third kappa shape index (κ3) is 3.31. The number of ether oxygens (including phenoxy) is 1. The molecule has 78 valence electrons. The van der Waals surface area contributed by atoms with E-state index in [1.807, 2.05) is 25.1 Å². The van der Waals surface area contributed by atoms with Gasteiger partial charge >= 0.3 is 0 Å². The summed E-state index contributed by atoms with van der Waals surface area (Å²) in [7, 11) is 0. The fourth-order valence-electron chi connectivity index (χ4n) is 1.07. The molecule has 2 N–H and O–H groups in total. The van der Waals surface area contributed by atoms with Crippen LogP contribution in [-0.4, -0.2) is 13.2 Å². The lowest BCUT2D eigenvalue weighted by atomic mass is 10.2. The molecule has 0 saturated carbocycles. The Morgan fingerprint density at radius 1 is 1.50 bits per heavy atom. The van der Waals surface area contributed by atoms with Gasteiger partial charge in [0.05, 0.1) is 6.61 Å². The van der Waals surface area contributed by atoms with E-state index in [0.29, 0.717) is 19.1 Å². The predicted molar refractivity (Wildman–Crippen MR) is 62.6 cm³/mol. The van der Waals surface area contributed by atoms with Gasteiger partial charge in [0.15, 0.2) is 0 Å². The molecule has 14 heavy (non-hydrogen) atoms. The van der Waals surface area contributed by atoms with E-state index >= 15 is 0 Å². The van der Waals surface area contributed by atoms with Gasteiger partial charge in [-0.25, -0.2) is 0 Å². The summed E-state index contributed by atoms with van der Waals surface area (Å²) in [4.78, 5) is 0. The predicted octanol–water partition coefficient (Wildman–Crippen LogP) is 2.73. The number of nitrogens with two attached hydrogens (primary N) is 1. The van der Waals surface area contributed by atoms with Gasteiger partial charge in [0.1, 0.15) is 5.75 Å². The molecule has 0 aliphatic rings. The second-order valence-electron chi connectivity index (χ2n) is 3.56. The van der Waals surface area contributed by atoms with E-state index in [-0.39, 0.29) is 0 Å². The van der Waals surface area contributed by atoms with Crippen molar-refractivity contribution in [2.75, 3.05) is 13.2 Å². The zero-order chi connectivity index (χ0) is 10.6. The van der Waals surface area contributed by atoms with Gasteiger partial charge in [-0.05, 0) is 37.2 Å². The SMILES string of the molecule is Cc1cc(Br)ccc1OCC(C)CN. The van der Waals surface area contributed by atoms with Crippen molar-refractivity contribution < 1.29 is 4.74 Å². The van der Waals surface area contributed by atoms with E-state index in [2.05, 4.69) is 22.9 Å². The van der Waals surface area contributed by atoms with Crippen molar-refractivity contribution in [3.05, 3.63) is 28.2 Å². The van der Waals surface area contributed by atoms with Gasteiger partial charge in [0.25, 0.3) is 0 Å². The Hall–Kier alpha value is -0.540. The molecule has 0 saturated heterocycles. The van der Waals surface area contributed by atoms with Gasteiger partial charge in [-0.3, -0.25) is 0 Å². The molecule has 0 fully saturated rings. The Balaban J connectivity index is 2.59. The lowest BCUT2D eigenvalue weighted by Gasteiger charge is -2.12. The van der Waals surface area contributed by atoms with Crippen molar-refractivity contribution in [3.8, 4) is 5.75 Å². The Bertz CT molecular complexity index is 301. The normalized spacial score (nSPS) is 12.6. The van der Waals surface area contributed by atoms with E-state index in [4.69, 9.17) is 10.5 Å². The molecule has 1 atom stereocenters. The monoisotopic (exact) mass is 257 g/mol. The summed E-state index contributed by atoms with van der Waals surface area (Å²) in [5.74, 6) is 1.34. The van der Waals surface area contributed by atoms with E-state index in [1.165, 1.54) is 0 Å². The molecule has 0 spiro atoms. The number of hydrogen-bond acceptors (Lipinski definition) is 2. The molecule has 1 unspecified atom stereocenters. The zero-order valence-electron chi connectivity index (χ0n) is 8.59. The van der Waals surface area contributed by atoms with Gasteiger partial charge in [0, 0.05) is 10.4 Å². The highest BCUT2D eigenvalue weighted by molar-refractivity contribution is 9.10. The van der Waals surface area contributed by atoms with Crippen molar-refractivity contribution in [1.29, 1.82) is 0 Å². The van der Waals surface area contributed by atoms with Crippen molar-refractivity contribution in [2.24, 2.45) is 11.7 Å². The maximum atomic E-state index is 5.64. The molecule has 0 aliphatic carbocycles. The summed E-state index contributed by atoms with van der Waals surface area (Å²) in [6, 6.07) is 6.00. The Morgan fingerprint density at radius 2 is 2.21 bits per heavy atom. The average molecular weight is 258 g/mol. The fraction of sp³-hybridized carbons (Fsp3) is 0.455.